The predicted octanol–water partition coefficient (Wildman–Crippen LogP) is 4.53. The highest BCUT2D eigenvalue weighted by atomic mass is 32.1. The fraction of sp³-hybridized carbons (Fsp3) is 0.412. The normalized spacial score (nSPS) is 14.8. The van der Waals surface area contributed by atoms with Gasteiger partial charge < -0.3 is 5.32 Å². The van der Waals surface area contributed by atoms with Crippen LogP contribution < -0.4 is 5.32 Å². The van der Waals surface area contributed by atoms with E-state index in [2.05, 4.69) is 49.5 Å². The summed E-state index contributed by atoms with van der Waals surface area (Å²) in [5.41, 5.74) is 4.32. The summed E-state index contributed by atoms with van der Waals surface area (Å²) in [6, 6.07) is 11.4. The third-order valence-corrected chi connectivity index (χ3v) is 5.03. The van der Waals surface area contributed by atoms with Crippen LogP contribution in [0.25, 0.3) is 0 Å². The van der Waals surface area contributed by atoms with E-state index in [-0.39, 0.29) is 0 Å². The quantitative estimate of drug-likeness (QED) is 0.842. The van der Waals surface area contributed by atoms with E-state index in [0.717, 1.165) is 19.0 Å². The topological polar surface area (TPSA) is 12.0 Å². The smallest absolute Gasteiger partial charge is 0.0303 e. The van der Waals surface area contributed by atoms with Crippen LogP contribution in [0.1, 0.15) is 45.2 Å². The van der Waals surface area contributed by atoms with Crippen molar-refractivity contribution in [2.75, 3.05) is 0 Å². The standard InChI is InChI=1S/C17H21NS/c1-12-9-17(19-13(12)2)11-18-10-14-3-5-15(6-4-14)16-7-8-16/h3-6,9,16,18H,7-8,10-11H2,1-2H3. The van der Waals surface area contributed by atoms with Gasteiger partial charge in [0.05, 0.1) is 0 Å². The third-order valence-electron chi connectivity index (χ3n) is 3.87. The third kappa shape index (κ3) is 3.26. The van der Waals surface area contributed by atoms with E-state index in [1.165, 1.54) is 39.3 Å². The molecule has 0 saturated heterocycles. The van der Waals surface area contributed by atoms with Crippen LogP contribution in [0.3, 0.4) is 0 Å². The van der Waals surface area contributed by atoms with Crippen molar-refractivity contribution in [3.8, 4) is 0 Å². The lowest BCUT2D eigenvalue weighted by atomic mass is 10.1. The van der Waals surface area contributed by atoms with Gasteiger partial charge in [0.2, 0.25) is 0 Å². The Kier molecular flexibility index (Phi) is 3.72. The summed E-state index contributed by atoms with van der Waals surface area (Å²) < 4.78 is 0. The summed E-state index contributed by atoms with van der Waals surface area (Å²) in [5, 5.41) is 3.53. The second-order valence-corrected chi connectivity index (χ2v) is 6.91. The van der Waals surface area contributed by atoms with Crippen molar-refractivity contribution in [2.45, 2.75) is 45.7 Å². The summed E-state index contributed by atoms with van der Waals surface area (Å²) in [6.45, 7) is 6.32. The second kappa shape index (κ2) is 5.48. The van der Waals surface area contributed by atoms with Gasteiger partial charge in [-0.2, -0.15) is 0 Å². The number of nitrogens with one attached hydrogen (secondary N) is 1. The highest BCUT2D eigenvalue weighted by Crippen LogP contribution is 2.39. The van der Waals surface area contributed by atoms with Crippen molar-refractivity contribution in [1.29, 1.82) is 0 Å². The summed E-state index contributed by atoms with van der Waals surface area (Å²) in [7, 11) is 0. The molecule has 0 spiro atoms. The highest BCUT2D eigenvalue weighted by molar-refractivity contribution is 7.12. The Morgan fingerprint density at radius 3 is 2.42 bits per heavy atom. The molecule has 1 saturated carbocycles. The SMILES string of the molecule is Cc1cc(CNCc2ccc(C3CC3)cc2)sc1C. The number of aryl methyl sites for hydroxylation is 2. The van der Waals surface area contributed by atoms with Crippen LogP contribution in [0.15, 0.2) is 30.3 Å². The van der Waals surface area contributed by atoms with Crippen LogP contribution in [-0.2, 0) is 13.1 Å². The molecule has 0 radical (unpaired) electrons. The average Bonchev–Trinajstić information content (AvgIpc) is 3.19. The van der Waals surface area contributed by atoms with Crippen LogP contribution in [-0.4, -0.2) is 0 Å². The van der Waals surface area contributed by atoms with E-state index >= 15 is 0 Å². The molecule has 1 heterocycles. The molecular weight excluding hydrogens is 250 g/mol. The molecule has 2 aromatic rings. The number of hydrogen-bond acceptors (Lipinski definition) is 2. The van der Waals surface area contributed by atoms with Crippen LogP contribution in [0, 0.1) is 13.8 Å². The minimum atomic E-state index is 0.860. The number of hydrogen-bond donors (Lipinski definition) is 1. The monoisotopic (exact) mass is 271 g/mol. The lowest BCUT2D eigenvalue weighted by Gasteiger charge is -2.05. The maximum absolute atomic E-state index is 3.53. The average molecular weight is 271 g/mol. The molecule has 0 aliphatic heterocycles. The van der Waals surface area contributed by atoms with Crippen molar-refractivity contribution in [1.82, 2.24) is 5.32 Å². The molecule has 100 valence electrons. The van der Waals surface area contributed by atoms with Crippen molar-refractivity contribution in [3.05, 3.63) is 56.8 Å². The molecule has 2 heteroatoms. The van der Waals surface area contributed by atoms with E-state index < -0.39 is 0 Å². The largest absolute Gasteiger partial charge is 0.308 e. The molecular formula is C17H21NS. The molecule has 1 nitrogen and oxygen atoms in total. The van der Waals surface area contributed by atoms with E-state index in [9.17, 15) is 0 Å². The molecule has 1 aromatic heterocycles. The lowest BCUT2D eigenvalue weighted by Crippen LogP contribution is -2.11. The Morgan fingerprint density at radius 2 is 1.84 bits per heavy atom. The maximum Gasteiger partial charge on any atom is 0.0303 e. The molecule has 1 fully saturated rings. The van der Waals surface area contributed by atoms with E-state index in [1.807, 2.05) is 11.3 Å². The molecule has 1 aliphatic carbocycles. The molecule has 1 aromatic carbocycles. The Bertz CT molecular complexity index is 530. The van der Waals surface area contributed by atoms with Crippen LogP contribution >= 0.6 is 11.3 Å². The first kappa shape index (κ1) is 12.9. The molecule has 19 heavy (non-hydrogen) atoms. The van der Waals surface area contributed by atoms with Gasteiger partial charge in [0.1, 0.15) is 0 Å². The van der Waals surface area contributed by atoms with Crippen molar-refractivity contribution in [2.24, 2.45) is 0 Å². The zero-order valence-electron chi connectivity index (χ0n) is 11.7. The van der Waals surface area contributed by atoms with Gasteiger partial charge in [-0.3, -0.25) is 0 Å². The molecule has 1 N–H and O–H groups in total. The van der Waals surface area contributed by atoms with Gasteiger partial charge in [-0.15, -0.1) is 11.3 Å². The zero-order valence-corrected chi connectivity index (χ0v) is 12.5. The minimum absolute atomic E-state index is 0.860. The lowest BCUT2D eigenvalue weighted by molar-refractivity contribution is 0.700. The van der Waals surface area contributed by atoms with Gasteiger partial charge in [0.15, 0.2) is 0 Å². The number of rotatable bonds is 5. The Morgan fingerprint density at radius 1 is 1.11 bits per heavy atom. The first-order chi connectivity index (χ1) is 9.22. The first-order valence-corrected chi connectivity index (χ1v) is 7.89. The zero-order chi connectivity index (χ0) is 13.2. The Hall–Kier alpha value is -1.12. The summed E-state index contributed by atoms with van der Waals surface area (Å²) >= 11 is 1.90. The Balaban J connectivity index is 1.51. The maximum atomic E-state index is 3.53. The highest BCUT2D eigenvalue weighted by Gasteiger charge is 2.22. The fourth-order valence-corrected chi connectivity index (χ4v) is 3.41. The molecule has 0 bridgehead atoms. The fourth-order valence-electron chi connectivity index (χ4n) is 2.39. The van der Waals surface area contributed by atoms with E-state index in [1.54, 1.807) is 0 Å². The first-order valence-electron chi connectivity index (χ1n) is 7.08. The summed E-state index contributed by atoms with van der Waals surface area (Å²) in [6.07, 6.45) is 2.77. The summed E-state index contributed by atoms with van der Waals surface area (Å²) in [4.78, 5) is 2.87. The van der Waals surface area contributed by atoms with E-state index in [0.29, 0.717) is 0 Å². The number of thiophene rings is 1. The van der Waals surface area contributed by atoms with Crippen LogP contribution in [0.5, 0.6) is 0 Å². The molecule has 0 unspecified atom stereocenters. The predicted molar refractivity (Wildman–Crippen MR) is 82.8 cm³/mol. The van der Waals surface area contributed by atoms with Gasteiger partial charge in [-0.25, -0.2) is 0 Å². The van der Waals surface area contributed by atoms with Crippen LogP contribution in [0.4, 0.5) is 0 Å². The second-order valence-electron chi connectivity index (χ2n) is 5.57. The van der Waals surface area contributed by atoms with Gasteiger partial charge in [-0.05, 0) is 55.4 Å². The van der Waals surface area contributed by atoms with Crippen molar-refractivity contribution in [3.63, 3.8) is 0 Å². The summed E-state index contributed by atoms with van der Waals surface area (Å²) in [5.74, 6) is 0.860. The molecule has 1 aliphatic rings. The van der Waals surface area contributed by atoms with Crippen molar-refractivity contribution < 1.29 is 0 Å². The van der Waals surface area contributed by atoms with Crippen molar-refractivity contribution >= 4 is 11.3 Å². The van der Waals surface area contributed by atoms with Gasteiger partial charge in [0.25, 0.3) is 0 Å². The van der Waals surface area contributed by atoms with Gasteiger partial charge in [-0.1, -0.05) is 24.3 Å². The minimum Gasteiger partial charge on any atom is -0.308 e. The van der Waals surface area contributed by atoms with Gasteiger partial charge in [0, 0.05) is 22.8 Å². The van der Waals surface area contributed by atoms with Gasteiger partial charge >= 0.3 is 0 Å². The molecule has 0 amide bonds. The molecule has 3 rings (SSSR count). The molecule has 0 atom stereocenters. The van der Waals surface area contributed by atoms with E-state index in [4.69, 9.17) is 0 Å². The number of benzene rings is 1. The van der Waals surface area contributed by atoms with Crippen LogP contribution in [0.2, 0.25) is 0 Å². The Labute approximate surface area is 119 Å².